The molecule has 80 valence electrons. The van der Waals surface area contributed by atoms with Crippen molar-refractivity contribution in [3.63, 3.8) is 0 Å². The maximum atomic E-state index is 10.5. The van der Waals surface area contributed by atoms with E-state index in [0.29, 0.717) is 0 Å². The predicted molar refractivity (Wildman–Crippen MR) is 42.2 cm³/mol. The molecule has 0 spiro atoms. The summed E-state index contributed by atoms with van der Waals surface area (Å²) >= 11 is 0. The van der Waals surface area contributed by atoms with E-state index in [4.69, 9.17) is 9.47 Å². The Labute approximate surface area is 80.4 Å². The second-order valence-corrected chi connectivity index (χ2v) is 3.43. The van der Waals surface area contributed by atoms with Gasteiger partial charge in [-0.1, -0.05) is 0 Å². The molecule has 0 aromatic rings. The highest BCUT2D eigenvalue weighted by atomic mass is 16.8. The third kappa shape index (κ3) is 1.74. The number of fused-ring (bicyclic) bond motifs is 1. The number of carbonyl (C=O) groups is 1. The molecule has 0 radical (unpaired) electrons. The molecule has 0 aromatic carbocycles. The minimum absolute atomic E-state index is 0.0693. The summed E-state index contributed by atoms with van der Waals surface area (Å²) in [6, 6.07) is 0. The van der Waals surface area contributed by atoms with Gasteiger partial charge in [0.05, 0.1) is 0 Å². The third-order valence-corrected chi connectivity index (χ3v) is 2.31. The average Bonchev–Trinajstić information content (AvgIpc) is 2.88. The summed E-state index contributed by atoms with van der Waals surface area (Å²) in [5.41, 5.74) is 0. The fourth-order valence-corrected chi connectivity index (χ4v) is 1.46. The van der Waals surface area contributed by atoms with Crippen LogP contribution in [-0.4, -0.2) is 53.5 Å². The zero-order valence-corrected chi connectivity index (χ0v) is 7.62. The van der Waals surface area contributed by atoms with Crippen LogP contribution in [-0.2, 0) is 19.0 Å². The standard InChI is InChI=1S/C8H12O6/c1-3(9)12-2-4-5(10)6(11)7-8(13-4)14-7/h4-8,10-11H,2H2,1H3. The number of aliphatic hydroxyl groups excluding tert-OH is 2. The number of aliphatic hydroxyl groups is 2. The lowest BCUT2D eigenvalue weighted by atomic mass is 10.0. The molecule has 5 atom stereocenters. The number of hydrogen-bond acceptors (Lipinski definition) is 6. The molecule has 2 aliphatic rings. The molecule has 0 bridgehead atoms. The van der Waals surface area contributed by atoms with Gasteiger partial charge >= 0.3 is 5.97 Å². The average molecular weight is 204 g/mol. The molecule has 2 rings (SSSR count). The number of carbonyl (C=O) groups excluding carboxylic acids is 1. The maximum absolute atomic E-state index is 10.5. The van der Waals surface area contributed by atoms with Gasteiger partial charge in [0.25, 0.3) is 0 Å². The van der Waals surface area contributed by atoms with Crippen molar-refractivity contribution >= 4 is 5.97 Å². The molecular formula is C8H12O6. The van der Waals surface area contributed by atoms with Crippen LogP contribution < -0.4 is 0 Å². The minimum Gasteiger partial charge on any atom is -0.463 e. The van der Waals surface area contributed by atoms with E-state index < -0.39 is 36.7 Å². The molecule has 5 unspecified atom stereocenters. The summed E-state index contributed by atoms with van der Waals surface area (Å²) in [5.74, 6) is -0.450. The lowest BCUT2D eigenvalue weighted by Crippen LogP contribution is -2.49. The Balaban J connectivity index is 1.88. The smallest absolute Gasteiger partial charge is 0.302 e. The highest BCUT2D eigenvalue weighted by Gasteiger charge is 2.56. The molecule has 2 saturated heterocycles. The van der Waals surface area contributed by atoms with Crippen LogP contribution in [0.2, 0.25) is 0 Å². The SMILES string of the molecule is CC(=O)OCC1OC2OC2C(O)C1O. The van der Waals surface area contributed by atoms with Crippen molar-refractivity contribution < 1.29 is 29.2 Å². The van der Waals surface area contributed by atoms with E-state index in [1.54, 1.807) is 0 Å². The van der Waals surface area contributed by atoms with E-state index in [2.05, 4.69) is 4.74 Å². The lowest BCUT2D eigenvalue weighted by Gasteiger charge is -2.28. The first-order chi connectivity index (χ1) is 6.59. The molecule has 2 aliphatic heterocycles. The molecule has 0 aromatic heterocycles. The van der Waals surface area contributed by atoms with Gasteiger partial charge in [-0.05, 0) is 0 Å². The molecule has 0 saturated carbocycles. The Hall–Kier alpha value is -0.690. The Morgan fingerprint density at radius 2 is 2.07 bits per heavy atom. The number of epoxide rings is 1. The number of hydrogen-bond donors (Lipinski definition) is 2. The van der Waals surface area contributed by atoms with Crippen LogP contribution in [0.5, 0.6) is 0 Å². The van der Waals surface area contributed by atoms with Crippen LogP contribution in [0.25, 0.3) is 0 Å². The van der Waals surface area contributed by atoms with E-state index in [-0.39, 0.29) is 6.61 Å². The topological polar surface area (TPSA) is 88.5 Å². The van der Waals surface area contributed by atoms with E-state index in [9.17, 15) is 15.0 Å². The second kappa shape index (κ2) is 3.47. The first kappa shape index (κ1) is 9.85. The van der Waals surface area contributed by atoms with Crippen LogP contribution in [0.15, 0.2) is 0 Å². The van der Waals surface area contributed by atoms with Gasteiger partial charge in [0.15, 0.2) is 6.29 Å². The van der Waals surface area contributed by atoms with Gasteiger partial charge in [-0.15, -0.1) is 0 Å². The molecule has 6 nitrogen and oxygen atoms in total. The number of esters is 1. The van der Waals surface area contributed by atoms with E-state index in [1.165, 1.54) is 6.92 Å². The monoisotopic (exact) mass is 204 g/mol. The predicted octanol–water partition coefficient (Wildman–Crippen LogP) is -1.60. The van der Waals surface area contributed by atoms with Gasteiger partial charge in [0.1, 0.15) is 31.0 Å². The normalized spacial score (nSPS) is 45.5. The van der Waals surface area contributed by atoms with Gasteiger partial charge in [-0.25, -0.2) is 0 Å². The zero-order valence-electron chi connectivity index (χ0n) is 7.62. The van der Waals surface area contributed by atoms with Crippen molar-refractivity contribution in [2.45, 2.75) is 37.6 Å². The van der Waals surface area contributed by atoms with Crippen molar-refractivity contribution in [2.75, 3.05) is 6.61 Å². The molecule has 2 N–H and O–H groups in total. The maximum Gasteiger partial charge on any atom is 0.302 e. The summed E-state index contributed by atoms with van der Waals surface area (Å²) in [6.45, 7) is 1.20. The molecule has 0 amide bonds. The Bertz CT molecular complexity index is 242. The van der Waals surface area contributed by atoms with Crippen LogP contribution in [0, 0.1) is 0 Å². The molecule has 6 heteroatoms. The summed E-state index contributed by atoms with van der Waals surface area (Å²) in [4.78, 5) is 10.5. The fourth-order valence-electron chi connectivity index (χ4n) is 1.46. The van der Waals surface area contributed by atoms with Crippen molar-refractivity contribution in [1.29, 1.82) is 0 Å². The Morgan fingerprint density at radius 1 is 1.36 bits per heavy atom. The highest BCUT2D eigenvalue weighted by Crippen LogP contribution is 2.35. The Morgan fingerprint density at radius 3 is 2.71 bits per heavy atom. The lowest BCUT2D eigenvalue weighted by molar-refractivity contribution is -0.166. The first-order valence-corrected chi connectivity index (χ1v) is 4.40. The van der Waals surface area contributed by atoms with Crippen LogP contribution >= 0.6 is 0 Å². The summed E-state index contributed by atoms with van der Waals surface area (Å²) in [7, 11) is 0. The molecule has 14 heavy (non-hydrogen) atoms. The Kier molecular flexibility index (Phi) is 2.44. The van der Waals surface area contributed by atoms with Gasteiger partial charge < -0.3 is 24.4 Å². The highest BCUT2D eigenvalue weighted by molar-refractivity contribution is 5.65. The van der Waals surface area contributed by atoms with Crippen molar-refractivity contribution in [3.8, 4) is 0 Å². The summed E-state index contributed by atoms with van der Waals surface area (Å²) in [5, 5.41) is 18.9. The van der Waals surface area contributed by atoms with Crippen LogP contribution in [0.3, 0.4) is 0 Å². The summed E-state index contributed by atoms with van der Waals surface area (Å²) < 4.78 is 14.8. The van der Waals surface area contributed by atoms with Gasteiger partial charge in [-0.2, -0.15) is 0 Å². The van der Waals surface area contributed by atoms with E-state index in [0.717, 1.165) is 0 Å². The van der Waals surface area contributed by atoms with Crippen molar-refractivity contribution in [1.82, 2.24) is 0 Å². The van der Waals surface area contributed by atoms with Gasteiger partial charge in [0.2, 0.25) is 0 Å². The van der Waals surface area contributed by atoms with Crippen LogP contribution in [0.1, 0.15) is 6.92 Å². The van der Waals surface area contributed by atoms with E-state index in [1.807, 2.05) is 0 Å². The third-order valence-electron chi connectivity index (χ3n) is 2.31. The first-order valence-electron chi connectivity index (χ1n) is 4.40. The van der Waals surface area contributed by atoms with Crippen molar-refractivity contribution in [3.05, 3.63) is 0 Å². The van der Waals surface area contributed by atoms with Crippen molar-refractivity contribution in [2.24, 2.45) is 0 Å². The molecular weight excluding hydrogens is 192 g/mol. The molecule has 0 aliphatic carbocycles. The fraction of sp³-hybridized carbons (Fsp3) is 0.875. The minimum atomic E-state index is -1.07. The number of ether oxygens (including phenoxy) is 3. The summed E-state index contributed by atoms with van der Waals surface area (Å²) in [6.07, 6.45) is -3.64. The molecule has 2 fully saturated rings. The van der Waals surface area contributed by atoms with E-state index >= 15 is 0 Å². The van der Waals surface area contributed by atoms with Crippen LogP contribution in [0.4, 0.5) is 0 Å². The molecule has 2 heterocycles. The number of rotatable bonds is 2. The van der Waals surface area contributed by atoms with Gasteiger partial charge in [0, 0.05) is 6.92 Å². The second-order valence-electron chi connectivity index (χ2n) is 3.43. The zero-order chi connectivity index (χ0) is 10.3. The quantitative estimate of drug-likeness (QED) is 0.416. The largest absolute Gasteiger partial charge is 0.463 e. The van der Waals surface area contributed by atoms with Gasteiger partial charge in [-0.3, -0.25) is 4.79 Å².